The van der Waals surface area contributed by atoms with Crippen molar-refractivity contribution in [3.05, 3.63) is 0 Å². The number of fused-ring (bicyclic) bond motifs is 2. The van der Waals surface area contributed by atoms with E-state index in [1.807, 2.05) is 0 Å². The van der Waals surface area contributed by atoms with E-state index in [0.717, 1.165) is 12.8 Å². The second-order valence-corrected chi connectivity index (χ2v) is 5.15. The minimum atomic E-state index is -0.563. The summed E-state index contributed by atoms with van der Waals surface area (Å²) in [5.74, 6) is 0. The second kappa shape index (κ2) is 3.70. The molecular weight excluding hydrogens is 194 g/mol. The fourth-order valence-electron chi connectivity index (χ4n) is 3.23. The first-order chi connectivity index (χ1) is 7.23. The summed E-state index contributed by atoms with van der Waals surface area (Å²) in [5, 5.41) is 14.0. The third-order valence-corrected chi connectivity index (χ3v) is 3.83. The summed E-state index contributed by atoms with van der Waals surface area (Å²) in [4.78, 5) is 0. The summed E-state index contributed by atoms with van der Waals surface area (Å²) in [6, 6.07) is 1.02. The average Bonchev–Trinajstić information content (AvgIpc) is 2.76. The van der Waals surface area contributed by atoms with Gasteiger partial charge >= 0.3 is 0 Å². The molecule has 2 bridgehead atoms. The Morgan fingerprint density at radius 1 is 1.13 bits per heavy atom. The monoisotopic (exact) mass is 213 g/mol. The molecular formula is C11H19NO3. The van der Waals surface area contributed by atoms with Crippen molar-refractivity contribution in [2.45, 2.75) is 56.1 Å². The zero-order valence-corrected chi connectivity index (χ0v) is 8.95. The van der Waals surface area contributed by atoms with E-state index in [1.165, 1.54) is 12.8 Å². The Morgan fingerprint density at radius 2 is 1.73 bits per heavy atom. The van der Waals surface area contributed by atoms with E-state index in [4.69, 9.17) is 9.47 Å². The van der Waals surface area contributed by atoms with Gasteiger partial charge in [0, 0.05) is 18.5 Å². The Bertz CT molecular complexity index is 228. The molecule has 0 aromatic heterocycles. The molecule has 0 saturated carbocycles. The van der Waals surface area contributed by atoms with Gasteiger partial charge in [0.25, 0.3) is 0 Å². The first-order valence-electron chi connectivity index (χ1n) is 5.95. The van der Waals surface area contributed by atoms with Crippen LogP contribution in [0.2, 0.25) is 0 Å². The molecule has 0 spiro atoms. The quantitative estimate of drug-likeness (QED) is 0.697. The molecule has 3 saturated heterocycles. The molecule has 4 heteroatoms. The van der Waals surface area contributed by atoms with Crippen molar-refractivity contribution < 1.29 is 14.6 Å². The van der Waals surface area contributed by atoms with Gasteiger partial charge in [-0.1, -0.05) is 0 Å². The highest BCUT2D eigenvalue weighted by Crippen LogP contribution is 2.37. The molecule has 4 nitrogen and oxygen atoms in total. The fraction of sp³-hybridized carbons (Fsp3) is 1.00. The van der Waals surface area contributed by atoms with Crippen molar-refractivity contribution in [3.63, 3.8) is 0 Å². The number of aliphatic hydroxyl groups is 1. The van der Waals surface area contributed by atoms with E-state index in [1.54, 1.807) is 0 Å². The van der Waals surface area contributed by atoms with E-state index in [2.05, 4.69) is 5.32 Å². The highest BCUT2D eigenvalue weighted by Gasteiger charge is 2.44. The molecule has 3 rings (SSSR count). The largest absolute Gasteiger partial charge is 0.390 e. The van der Waals surface area contributed by atoms with Crippen molar-refractivity contribution in [3.8, 4) is 0 Å². The molecule has 0 aliphatic carbocycles. The summed E-state index contributed by atoms with van der Waals surface area (Å²) >= 11 is 0. The number of rotatable bonds is 2. The van der Waals surface area contributed by atoms with Crippen LogP contribution in [0.25, 0.3) is 0 Å². The molecule has 3 heterocycles. The molecule has 0 amide bonds. The standard InChI is InChI=1S/C11H19NO3/c13-11(7-10-14-3-4-15-10)5-8-1-2-9(6-11)12-8/h8-10,12-13H,1-7H2. The summed E-state index contributed by atoms with van der Waals surface area (Å²) in [6.07, 6.45) is 4.59. The van der Waals surface area contributed by atoms with Crippen LogP contribution in [0.15, 0.2) is 0 Å². The van der Waals surface area contributed by atoms with Gasteiger partial charge in [-0.15, -0.1) is 0 Å². The van der Waals surface area contributed by atoms with Crippen LogP contribution < -0.4 is 5.32 Å². The number of nitrogens with one attached hydrogen (secondary N) is 1. The SMILES string of the molecule is OC1(CC2OCCO2)CC2CCC(C1)N2. The molecule has 3 fully saturated rings. The van der Waals surface area contributed by atoms with Crippen LogP contribution in [-0.2, 0) is 9.47 Å². The molecule has 3 aliphatic rings. The van der Waals surface area contributed by atoms with Crippen LogP contribution in [0, 0.1) is 0 Å². The Kier molecular flexibility index (Phi) is 2.47. The molecule has 3 aliphatic heterocycles. The van der Waals surface area contributed by atoms with E-state index >= 15 is 0 Å². The molecule has 2 atom stereocenters. The van der Waals surface area contributed by atoms with Gasteiger partial charge in [0.2, 0.25) is 0 Å². The van der Waals surface area contributed by atoms with Gasteiger partial charge in [0.15, 0.2) is 6.29 Å². The predicted molar refractivity (Wildman–Crippen MR) is 54.4 cm³/mol. The van der Waals surface area contributed by atoms with Gasteiger partial charge in [0.05, 0.1) is 18.8 Å². The third-order valence-electron chi connectivity index (χ3n) is 3.83. The first-order valence-corrected chi connectivity index (χ1v) is 5.95. The Balaban J connectivity index is 1.63. The van der Waals surface area contributed by atoms with Gasteiger partial charge < -0.3 is 19.9 Å². The van der Waals surface area contributed by atoms with E-state index in [-0.39, 0.29) is 6.29 Å². The van der Waals surface area contributed by atoms with Crippen molar-refractivity contribution in [2.24, 2.45) is 0 Å². The maximum absolute atomic E-state index is 10.5. The molecule has 0 radical (unpaired) electrons. The Hall–Kier alpha value is -0.160. The highest BCUT2D eigenvalue weighted by atomic mass is 16.7. The molecule has 0 aromatic carbocycles. The number of hydrogen-bond donors (Lipinski definition) is 2. The minimum absolute atomic E-state index is 0.174. The topological polar surface area (TPSA) is 50.7 Å². The van der Waals surface area contributed by atoms with Crippen molar-refractivity contribution in [2.75, 3.05) is 13.2 Å². The van der Waals surface area contributed by atoms with Crippen molar-refractivity contribution in [1.29, 1.82) is 0 Å². The average molecular weight is 213 g/mol. The lowest BCUT2D eigenvalue weighted by molar-refractivity contribution is -0.116. The predicted octanol–water partition coefficient (Wildman–Crippen LogP) is 0.395. The zero-order chi connectivity index (χ0) is 10.3. The maximum atomic E-state index is 10.5. The van der Waals surface area contributed by atoms with Gasteiger partial charge in [-0.2, -0.15) is 0 Å². The highest BCUT2D eigenvalue weighted by molar-refractivity contribution is 5.00. The lowest BCUT2D eigenvalue weighted by atomic mass is 9.84. The summed E-state index contributed by atoms with van der Waals surface area (Å²) in [6.45, 7) is 1.34. The van der Waals surface area contributed by atoms with Gasteiger partial charge in [-0.25, -0.2) is 0 Å². The Labute approximate surface area is 89.9 Å². The number of piperidine rings is 1. The smallest absolute Gasteiger partial charge is 0.160 e. The first kappa shape index (κ1) is 10.0. The summed E-state index contributed by atoms with van der Waals surface area (Å²) < 4.78 is 10.8. The van der Waals surface area contributed by atoms with E-state index < -0.39 is 5.60 Å². The van der Waals surface area contributed by atoms with Crippen LogP contribution >= 0.6 is 0 Å². The van der Waals surface area contributed by atoms with Crippen LogP contribution in [-0.4, -0.2) is 42.3 Å². The molecule has 2 unspecified atom stereocenters. The van der Waals surface area contributed by atoms with Gasteiger partial charge in [-0.3, -0.25) is 0 Å². The molecule has 0 aromatic rings. The maximum Gasteiger partial charge on any atom is 0.160 e. The number of ether oxygens (including phenoxy) is 2. The molecule has 15 heavy (non-hydrogen) atoms. The van der Waals surface area contributed by atoms with Crippen LogP contribution in [0.3, 0.4) is 0 Å². The van der Waals surface area contributed by atoms with E-state index in [0.29, 0.717) is 31.7 Å². The minimum Gasteiger partial charge on any atom is -0.390 e. The normalized spacial score (nSPS) is 46.2. The van der Waals surface area contributed by atoms with Crippen molar-refractivity contribution >= 4 is 0 Å². The Morgan fingerprint density at radius 3 is 2.33 bits per heavy atom. The van der Waals surface area contributed by atoms with Crippen LogP contribution in [0.4, 0.5) is 0 Å². The molecule has 2 N–H and O–H groups in total. The fourth-order valence-corrected chi connectivity index (χ4v) is 3.23. The lowest BCUT2D eigenvalue weighted by Crippen LogP contribution is -2.49. The third kappa shape index (κ3) is 2.04. The van der Waals surface area contributed by atoms with Crippen LogP contribution in [0.1, 0.15) is 32.1 Å². The second-order valence-electron chi connectivity index (χ2n) is 5.15. The lowest BCUT2D eigenvalue weighted by Gasteiger charge is -2.38. The zero-order valence-electron chi connectivity index (χ0n) is 8.95. The molecule has 86 valence electrons. The number of hydrogen-bond acceptors (Lipinski definition) is 4. The van der Waals surface area contributed by atoms with Crippen LogP contribution in [0.5, 0.6) is 0 Å². The summed E-state index contributed by atoms with van der Waals surface area (Å²) in [7, 11) is 0. The van der Waals surface area contributed by atoms with Crippen molar-refractivity contribution in [1.82, 2.24) is 5.32 Å². The van der Waals surface area contributed by atoms with E-state index in [9.17, 15) is 5.11 Å². The van der Waals surface area contributed by atoms with Gasteiger partial charge in [0.1, 0.15) is 0 Å². The van der Waals surface area contributed by atoms with Gasteiger partial charge in [-0.05, 0) is 25.7 Å². The summed E-state index contributed by atoms with van der Waals surface area (Å²) in [5.41, 5.74) is -0.563.